The zero-order chi connectivity index (χ0) is 33.7. The number of carbonyl (C=O) groups is 2. The summed E-state index contributed by atoms with van der Waals surface area (Å²) in [4.78, 5) is 44.3. The summed E-state index contributed by atoms with van der Waals surface area (Å²) in [5.74, 6) is 0.667. The molecule has 0 bridgehead atoms. The number of carbonyl (C=O) groups excluding carboxylic acids is 2. The number of amides is 3. The Balaban J connectivity index is 1.11. The first-order chi connectivity index (χ1) is 24.0. The van der Waals surface area contributed by atoms with Crippen LogP contribution in [0.1, 0.15) is 36.1 Å². The molecule has 3 aliphatic heterocycles. The third kappa shape index (κ3) is 7.07. The van der Waals surface area contributed by atoms with E-state index in [0.717, 1.165) is 52.7 Å². The van der Waals surface area contributed by atoms with Crippen molar-refractivity contribution in [3.63, 3.8) is 0 Å². The van der Waals surface area contributed by atoms with E-state index in [1.807, 2.05) is 72.8 Å². The van der Waals surface area contributed by atoms with Crippen LogP contribution in [0.5, 0.6) is 6.01 Å². The topological polar surface area (TPSA) is 127 Å². The minimum atomic E-state index is -0.447. The minimum absolute atomic E-state index is 0.140. The first-order valence-corrected chi connectivity index (χ1v) is 16.8. The Labute approximate surface area is 285 Å². The molecule has 2 saturated heterocycles. The molecule has 4 aromatic rings. The number of nitriles is 1. The highest BCUT2D eigenvalue weighted by atomic mass is 16.6. The number of hydrogen-bond donors (Lipinski definition) is 1. The molecule has 4 heterocycles. The maximum atomic E-state index is 13.7. The largest absolute Gasteiger partial charge is 0.462 e. The van der Waals surface area contributed by atoms with Crippen molar-refractivity contribution in [1.82, 2.24) is 24.7 Å². The Morgan fingerprint density at radius 2 is 1.78 bits per heavy atom. The number of ether oxygens (including phenoxy) is 2. The van der Waals surface area contributed by atoms with E-state index in [1.54, 1.807) is 9.80 Å². The van der Waals surface area contributed by atoms with Gasteiger partial charge < -0.3 is 34.4 Å². The number of likely N-dealkylation sites (N-methyl/N-ethyl adjacent to an activating group) is 1. The van der Waals surface area contributed by atoms with Crippen LogP contribution in [0.15, 0.2) is 72.8 Å². The van der Waals surface area contributed by atoms with Crippen LogP contribution in [0.25, 0.3) is 10.8 Å². The third-order valence-corrected chi connectivity index (χ3v) is 9.68. The molecule has 12 heteroatoms. The molecule has 3 aromatic carbocycles. The van der Waals surface area contributed by atoms with Gasteiger partial charge in [-0.2, -0.15) is 15.2 Å². The number of rotatable bonds is 8. The summed E-state index contributed by atoms with van der Waals surface area (Å²) in [6, 6.07) is 25.5. The lowest BCUT2D eigenvalue weighted by Crippen LogP contribution is -2.55. The SMILES string of the molecule is CN1CCC[C@H]1COc1nc2c(c(N3CCN(C(=O)OCc4ccccc4)[C@@H](CC#N)C3)n1)CN(C(=O)Nc1cccc3ccccc13)C2. The number of aromatic nitrogens is 2. The van der Waals surface area contributed by atoms with E-state index >= 15 is 0 Å². The lowest BCUT2D eigenvalue weighted by molar-refractivity contribution is 0.0767. The van der Waals surface area contributed by atoms with Gasteiger partial charge in [-0.3, -0.25) is 0 Å². The molecule has 12 nitrogen and oxygen atoms in total. The maximum Gasteiger partial charge on any atom is 0.410 e. The number of benzene rings is 3. The summed E-state index contributed by atoms with van der Waals surface area (Å²) in [7, 11) is 2.10. The van der Waals surface area contributed by atoms with Gasteiger partial charge in [0.2, 0.25) is 0 Å². The number of piperazine rings is 1. The molecule has 7 rings (SSSR count). The van der Waals surface area contributed by atoms with E-state index in [4.69, 9.17) is 19.4 Å². The zero-order valence-corrected chi connectivity index (χ0v) is 27.6. The van der Waals surface area contributed by atoms with Gasteiger partial charge in [-0.05, 0) is 43.5 Å². The molecule has 252 valence electrons. The van der Waals surface area contributed by atoms with Crippen molar-refractivity contribution < 1.29 is 19.1 Å². The second-order valence-corrected chi connectivity index (χ2v) is 12.9. The first kappa shape index (κ1) is 32.2. The van der Waals surface area contributed by atoms with Crippen molar-refractivity contribution in [2.24, 2.45) is 0 Å². The smallest absolute Gasteiger partial charge is 0.410 e. The van der Waals surface area contributed by atoms with Gasteiger partial charge in [0, 0.05) is 36.6 Å². The fourth-order valence-corrected chi connectivity index (χ4v) is 6.94. The van der Waals surface area contributed by atoms with Crippen LogP contribution in [0.3, 0.4) is 0 Å². The van der Waals surface area contributed by atoms with Crippen molar-refractivity contribution >= 4 is 34.4 Å². The van der Waals surface area contributed by atoms with Crippen molar-refractivity contribution in [1.29, 1.82) is 5.26 Å². The molecule has 2 fully saturated rings. The van der Waals surface area contributed by atoms with E-state index in [2.05, 4.69) is 28.2 Å². The Hall–Kier alpha value is -5.41. The quantitative estimate of drug-likeness (QED) is 0.265. The molecule has 0 aliphatic carbocycles. The highest BCUT2D eigenvalue weighted by molar-refractivity contribution is 6.01. The highest BCUT2D eigenvalue weighted by Crippen LogP contribution is 2.34. The second-order valence-electron chi connectivity index (χ2n) is 12.9. The predicted molar refractivity (Wildman–Crippen MR) is 185 cm³/mol. The average molecular weight is 661 g/mol. The van der Waals surface area contributed by atoms with E-state index in [9.17, 15) is 14.9 Å². The summed E-state index contributed by atoms with van der Waals surface area (Å²) in [5.41, 5.74) is 3.21. The molecular formula is C37H40N8O4. The third-order valence-electron chi connectivity index (χ3n) is 9.68. The minimum Gasteiger partial charge on any atom is -0.462 e. The zero-order valence-electron chi connectivity index (χ0n) is 27.6. The summed E-state index contributed by atoms with van der Waals surface area (Å²) >= 11 is 0. The molecule has 0 radical (unpaired) electrons. The van der Waals surface area contributed by atoms with Crippen LogP contribution in [-0.4, -0.2) is 88.7 Å². The number of nitrogens with one attached hydrogen (secondary N) is 1. The van der Waals surface area contributed by atoms with Gasteiger partial charge in [-0.15, -0.1) is 0 Å². The van der Waals surface area contributed by atoms with Crippen molar-refractivity contribution in [2.75, 3.05) is 50.1 Å². The lowest BCUT2D eigenvalue weighted by Gasteiger charge is -2.40. The Kier molecular flexibility index (Phi) is 9.43. The molecule has 0 unspecified atom stereocenters. The van der Waals surface area contributed by atoms with Crippen molar-refractivity contribution in [3.05, 3.63) is 89.6 Å². The molecule has 0 spiro atoms. The lowest BCUT2D eigenvalue weighted by atomic mass is 10.1. The van der Waals surface area contributed by atoms with Gasteiger partial charge in [0.15, 0.2) is 0 Å². The second kappa shape index (κ2) is 14.4. The number of likely N-dealkylation sites (tertiary alicyclic amines) is 1. The van der Waals surface area contributed by atoms with Crippen LogP contribution >= 0.6 is 0 Å². The number of urea groups is 1. The van der Waals surface area contributed by atoms with Gasteiger partial charge in [-0.25, -0.2) is 9.59 Å². The molecule has 1 aromatic heterocycles. The van der Waals surface area contributed by atoms with Crippen molar-refractivity contribution in [3.8, 4) is 12.1 Å². The summed E-state index contributed by atoms with van der Waals surface area (Å²) in [6.45, 7) is 3.48. The highest BCUT2D eigenvalue weighted by Gasteiger charge is 2.36. The monoisotopic (exact) mass is 660 g/mol. The van der Waals surface area contributed by atoms with Crippen LogP contribution in [0.2, 0.25) is 0 Å². The Bertz CT molecular complexity index is 1860. The molecule has 2 atom stereocenters. The van der Waals surface area contributed by atoms with Gasteiger partial charge >= 0.3 is 18.1 Å². The summed E-state index contributed by atoms with van der Waals surface area (Å²) in [6.07, 6.45) is 1.87. The van der Waals surface area contributed by atoms with Gasteiger partial charge in [-0.1, -0.05) is 66.7 Å². The van der Waals surface area contributed by atoms with Gasteiger partial charge in [0.05, 0.1) is 43.0 Å². The van der Waals surface area contributed by atoms with E-state index < -0.39 is 12.1 Å². The molecule has 3 aliphatic rings. The van der Waals surface area contributed by atoms with E-state index in [1.165, 1.54) is 0 Å². The van der Waals surface area contributed by atoms with Crippen LogP contribution < -0.4 is 15.0 Å². The normalized spacial score (nSPS) is 19.1. The number of hydrogen-bond acceptors (Lipinski definition) is 9. The van der Waals surface area contributed by atoms with Gasteiger partial charge in [0.25, 0.3) is 0 Å². The van der Waals surface area contributed by atoms with Crippen LogP contribution in [-0.2, 0) is 24.4 Å². The molecule has 49 heavy (non-hydrogen) atoms. The van der Waals surface area contributed by atoms with Crippen LogP contribution in [0, 0.1) is 11.3 Å². The number of fused-ring (bicyclic) bond motifs is 2. The maximum absolute atomic E-state index is 13.7. The fraction of sp³-hybridized carbons (Fsp3) is 0.378. The summed E-state index contributed by atoms with van der Waals surface area (Å²) < 4.78 is 11.9. The van der Waals surface area contributed by atoms with Gasteiger partial charge in [0.1, 0.15) is 19.0 Å². The Morgan fingerprint density at radius 3 is 2.59 bits per heavy atom. The molecular weight excluding hydrogens is 620 g/mol. The molecule has 0 saturated carbocycles. The van der Waals surface area contributed by atoms with Crippen LogP contribution in [0.4, 0.5) is 21.1 Å². The Morgan fingerprint density at radius 1 is 0.959 bits per heavy atom. The fourth-order valence-electron chi connectivity index (χ4n) is 6.94. The first-order valence-electron chi connectivity index (χ1n) is 16.8. The predicted octanol–water partition coefficient (Wildman–Crippen LogP) is 5.39. The molecule has 3 amide bonds. The van der Waals surface area contributed by atoms with E-state index in [-0.39, 0.29) is 31.1 Å². The van der Waals surface area contributed by atoms with E-state index in [0.29, 0.717) is 45.1 Å². The molecule has 1 N–H and O–H groups in total. The standard InChI is InChI=1S/C37H40N8O4/c1-42-18-8-13-29(42)25-48-35-39-33-23-44(36(46)40-32-15-7-12-27-11-5-6-14-30(27)32)22-31(33)34(41-35)43-19-20-45(28(21-43)16-17-38)37(47)49-24-26-9-3-2-4-10-26/h2-7,9-12,14-15,28-29H,8,13,16,18-25H2,1H3,(H,40,46)/t28-,29-/m0/s1. The number of nitrogens with zero attached hydrogens (tertiary/aromatic N) is 7. The van der Waals surface area contributed by atoms with Crippen molar-refractivity contribution in [2.45, 2.75) is 51.0 Å². The number of anilines is 2. The average Bonchev–Trinajstić information content (AvgIpc) is 3.76. The summed E-state index contributed by atoms with van der Waals surface area (Å²) in [5, 5.41) is 14.8.